The molecule has 1 aromatic heterocycles. The third kappa shape index (κ3) is 2.37. The average molecular weight is 247 g/mol. The summed E-state index contributed by atoms with van der Waals surface area (Å²) in [6, 6.07) is 21.2. The topological polar surface area (TPSA) is 12.9 Å². The summed E-state index contributed by atoms with van der Waals surface area (Å²) in [4.78, 5) is 4.79. The van der Waals surface area contributed by atoms with Gasteiger partial charge in [0.2, 0.25) is 0 Å². The molecule has 94 valence electrons. The summed E-state index contributed by atoms with van der Waals surface area (Å²) >= 11 is 0. The Hall–Kier alpha value is -2.15. The Bertz CT molecular complexity index is 701. The van der Waals surface area contributed by atoms with Crippen LogP contribution in [0.3, 0.4) is 0 Å². The van der Waals surface area contributed by atoms with E-state index in [4.69, 9.17) is 4.98 Å². The molecule has 19 heavy (non-hydrogen) atoms. The zero-order valence-corrected chi connectivity index (χ0v) is 11.3. The van der Waals surface area contributed by atoms with Gasteiger partial charge in [-0.25, -0.2) is 0 Å². The molecule has 0 radical (unpaired) electrons. The second-order valence-electron chi connectivity index (χ2n) is 5.06. The minimum Gasteiger partial charge on any atom is -0.252 e. The molecule has 0 saturated heterocycles. The van der Waals surface area contributed by atoms with Gasteiger partial charge in [-0.3, -0.25) is 4.98 Å². The molecule has 2 aromatic carbocycles. The quantitative estimate of drug-likeness (QED) is 0.640. The number of aryl methyl sites for hydroxylation is 1. The van der Waals surface area contributed by atoms with E-state index in [0.717, 1.165) is 11.2 Å². The molecule has 0 aliphatic rings. The van der Waals surface area contributed by atoms with Gasteiger partial charge in [-0.15, -0.1) is 0 Å². The average Bonchev–Trinajstić information content (AvgIpc) is 2.47. The van der Waals surface area contributed by atoms with E-state index in [1.165, 1.54) is 16.5 Å². The molecular weight excluding hydrogens is 230 g/mol. The molecule has 1 atom stereocenters. The zero-order valence-electron chi connectivity index (χ0n) is 11.3. The molecule has 1 heterocycles. The maximum atomic E-state index is 4.79. The maximum absolute atomic E-state index is 4.79. The van der Waals surface area contributed by atoms with E-state index < -0.39 is 0 Å². The Morgan fingerprint density at radius 3 is 2.47 bits per heavy atom. The van der Waals surface area contributed by atoms with Crippen LogP contribution in [0.5, 0.6) is 0 Å². The van der Waals surface area contributed by atoms with Crippen molar-refractivity contribution in [3.63, 3.8) is 0 Å². The largest absolute Gasteiger partial charge is 0.252 e. The first-order chi connectivity index (χ1) is 9.24. The number of aromatic nitrogens is 1. The van der Waals surface area contributed by atoms with Crippen LogP contribution in [-0.2, 0) is 0 Å². The van der Waals surface area contributed by atoms with Gasteiger partial charge < -0.3 is 0 Å². The lowest BCUT2D eigenvalue weighted by atomic mass is 9.97. The van der Waals surface area contributed by atoms with Gasteiger partial charge in [0.15, 0.2) is 0 Å². The maximum Gasteiger partial charge on any atom is 0.0705 e. The van der Waals surface area contributed by atoms with Crippen molar-refractivity contribution in [3.8, 4) is 0 Å². The second kappa shape index (κ2) is 4.85. The molecule has 1 nitrogen and oxygen atoms in total. The highest BCUT2D eigenvalue weighted by molar-refractivity contribution is 5.79. The lowest BCUT2D eigenvalue weighted by Gasteiger charge is -2.12. The highest BCUT2D eigenvalue weighted by atomic mass is 14.7. The molecule has 0 bridgehead atoms. The first-order valence-electron chi connectivity index (χ1n) is 6.66. The number of nitrogens with zero attached hydrogens (tertiary/aromatic N) is 1. The number of rotatable bonds is 2. The molecule has 1 heteroatoms. The summed E-state index contributed by atoms with van der Waals surface area (Å²) in [6.45, 7) is 4.32. The van der Waals surface area contributed by atoms with Crippen molar-refractivity contribution in [1.82, 2.24) is 4.98 Å². The van der Waals surface area contributed by atoms with E-state index in [2.05, 4.69) is 68.4 Å². The minimum atomic E-state index is 0.326. The standard InChI is InChI=1S/C18H17N/c1-13-8-10-18-16(12-13)9-11-17(19-18)14(2)15-6-4-3-5-7-15/h3-12,14H,1-2H3. The summed E-state index contributed by atoms with van der Waals surface area (Å²) in [7, 11) is 0. The highest BCUT2D eigenvalue weighted by Crippen LogP contribution is 2.24. The Balaban J connectivity index is 2.04. The van der Waals surface area contributed by atoms with E-state index in [9.17, 15) is 0 Å². The van der Waals surface area contributed by atoms with Crippen molar-refractivity contribution in [3.05, 3.63) is 77.5 Å². The third-order valence-corrected chi connectivity index (χ3v) is 3.61. The molecule has 0 saturated carbocycles. The van der Waals surface area contributed by atoms with Gasteiger partial charge in [-0.2, -0.15) is 0 Å². The van der Waals surface area contributed by atoms with Gasteiger partial charge in [0, 0.05) is 17.0 Å². The van der Waals surface area contributed by atoms with Gasteiger partial charge in [-0.1, -0.05) is 55.0 Å². The summed E-state index contributed by atoms with van der Waals surface area (Å²) in [5.41, 5.74) is 4.79. The summed E-state index contributed by atoms with van der Waals surface area (Å²) < 4.78 is 0. The van der Waals surface area contributed by atoms with Crippen LogP contribution in [0, 0.1) is 6.92 Å². The SMILES string of the molecule is Cc1ccc2nc(C(C)c3ccccc3)ccc2c1. The van der Waals surface area contributed by atoms with E-state index >= 15 is 0 Å². The first kappa shape index (κ1) is 11.9. The Morgan fingerprint density at radius 2 is 1.68 bits per heavy atom. The van der Waals surface area contributed by atoms with Gasteiger partial charge in [-0.05, 0) is 30.7 Å². The predicted molar refractivity (Wildman–Crippen MR) is 80.4 cm³/mol. The lowest BCUT2D eigenvalue weighted by molar-refractivity contribution is 0.880. The molecular formula is C18H17N. The van der Waals surface area contributed by atoms with Crippen LogP contribution in [0.25, 0.3) is 10.9 Å². The number of fused-ring (bicyclic) bond motifs is 1. The normalized spacial score (nSPS) is 12.5. The first-order valence-corrected chi connectivity index (χ1v) is 6.66. The van der Waals surface area contributed by atoms with Crippen molar-refractivity contribution in [2.24, 2.45) is 0 Å². The molecule has 0 fully saturated rings. The molecule has 0 aliphatic heterocycles. The Labute approximate surface area is 113 Å². The smallest absolute Gasteiger partial charge is 0.0705 e. The molecule has 0 N–H and O–H groups in total. The van der Waals surface area contributed by atoms with Crippen molar-refractivity contribution >= 4 is 10.9 Å². The molecule has 3 rings (SSSR count). The fraction of sp³-hybridized carbons (Fsp3) is 0.167. The van der Waals surface area contributed by atoms with Crippen LogP contribution in [-0.4, -0.2) is 4.98 Å². The van der Waals surface area contributed by atoms with Gasteiger partial charge in [0.1, 0.15) is 0 Å². The van der Waals surface area contributed by atoms with Crippen LogP contribution < -0.4 is 0 Å². The monoisotopic (exact) mass is 247 g/mol. The van der Waals surface area contributed by atoms with Crippen molar-refractivity contribution in [2.75, 3.05) is 0 Å². The van der Waals surface area contributed by atoms with E-state index in [-0.39, 0.29) is 0 Å². The van der Waals surface area contributed by atoms with Crippen molar-refractivity contribution in [2.45, 2.75) is 19.8 Å². The zero-order chi connectivity index (χ0) is 13.2. The summed E-state index contributed by atoms with van der Waals surface area (Å²) in [5, 5.41) is 1.21. The number of pyridine rings is 1. The fourth-order valence-corrected chi connectivity index (χ4v) is 2.41. The fourth-order valence-electron chi connectivity index (χ4n) is 2.41. The van der Waals surface area contributed by atoms with E-state index in [0.29, 0.717) is 5.92 Å². The van der Waals surface area contributed by atoms with Crippen LogP contribution in [0.15, 0.2) is 60.7 Å². The summed E-state index contributed by atoms with van der Waals surface area (Å²) in [5.74, 6) is 0.326. The van der Waals surface area contributed by atoms with Crippen molar-refractivity contribution < 1.29 is 0 Å². The van der Waals surface area contributed by atoms with Crippen molar-refractivity contribution in [1.29, 1.82) is 0 Å². The molecule has 3 aromatic rings. The number of hydrogen-bond acceptors (Lipinski definition) is 1. The number of hydrogen-bond donors (Lipinski definition) is 0. The Morgan fingerprint density at radius 1 is 0.895 bits per heavy atom. The summed E-state index contributed by atoms with van der Waals surface area (Å²) in [6.07, 6.45) is 0. The highest BCUT2D eigenvalue weighted by Gasteiger charge is 2.09. The van der Waals surface area contributed by atoms with E-state index in [1.807, 2.05) is 6.07 Å². The molecule has 0 amide bonds. The van der Waals surface area contributed by atoms with E-state index in [1.54, 1.807) is 0 Å². The van der Waals surface area contributed by atoms with Gasteiger partial charge >= 0.3 is 0 Å². The number of benzene rings is 2. The molecule has 0 spiro atoms. The van der Waals surface area contributed by atoms with Gasteiger partial charge in [0.25, 0.3) is 0 Å². The molecule has 0 aliphatic carbocycles. The van der Waals surface area contributed by atoms with Crippen LogP contribution >= 0.6 is 0 Å². The van der Waals surface area contributed by atoms with Crippen LogP contribution in [0.1, 0.15) is 29.7 Å². The Kier molecular flexibility index (Phi) is 3.04. The molecule has 1 unspecified atom stereocenters. The predicted octanol–water partition coefficient (Wildman–Crippen LogP) is 4.70. The van der Waals surface area contributed by atoms with Gasteiger partial charge in [0.05, 0.1) is 5.52 Å². The lowest BCUT2D eigenvalue weighted by Crippen LogP contribution is -1.99. The van der Waals surface area contributed by atoms with Crippen LogP contribution in [0.4, 0.5) is 0 Å². The second-order valence-corrected chi connectivity index (χ2v) is 5.06. The third-order valence-electron chi connectivity index (χ3n) is 3.61. The van der Waals surface area contributed by atoms with Crippen LogP contribution in [0.2, 0.25) is 0 Å². The minimum absolute atomic E-state index is 0.326.